The van der Waals surface area contributed by atoms with Gasteiger partial charge in [-0.05, 0) is 19.1 Å². The highest BCUT2D eigenvalue weighted by Gasteiger charge is 2.28. The number of aromatic nitrogens is 2. The Morgan fingerprint density at radius 2 is 2.00 bits per heavy atom. The number of carbonyl (C=O) groups is 1. The minimum absolute atomic E-state index is 0.0154. The average molecular weight is 320 g/mol. The third-order valence-electron chi connectivity index (χ3n) is 2.91. The highest BCUT2D eigenvalue weighted by molar-refractivity contribution is 6.30. The number of halogens is 1. The van der Waals surface area contributed by atoms with Crippen molar-refractivity contribution in [1.29, 1.82) is 5.26 Å². The SMILES string of the molecule is COC[C@@H](C)OC(=O)[C@@H](C#N)c1nc2ccccc2nc1Cl. The molecule has 2 atom stereocenters. The first kappa shape index (κ1) is 16.1. The average Bonchev–Trinajstić information content (AvgIpc) is 2.48. The van der Waals surface area contributed by atoms with Crippen molar-refractivity contribution in [2.75, 3.05) is 13.7 Å². The lowest BCUT2D eigenvalue weighted by Crippen LogP contribution is -2.24. The van der Waals surface area contributed by atoms with E-state index in [-0.39, 0.29) is 17.5 Å². The minimum atomic E-state index is -1.23. The summed E-state index contributed by atoms with van der Waals surface area (Å²) < 4.78 is 10.0. The fraction of sp³-hybridized carbons (Fsp3) is 0.333. The van der Waals surface area contributed by atoms with Crippen molar-refractivity contribution in [1.82, 2.24) is 9.97 Å². The van der Waals surface area contributed by atoms with E-state index in [0.29, 0.717) is 11.0 Å². The molecule has 0 aliphatic carbocycles. The number of nitriles is 1. The molecule has 0 saturated heterocycles. The van der Waals surface area contributed by atoms with Gasteiger partial charge in [-0.2, -0.15) is 5.26 Å². The lowest BCUT2D eigenvalue weighted by Gasteiger charge is -2.15. The number of fused-ring (bicyclic) bond motifs is 1. The Hall–Kier alpha value is -2.23. The van der Waals surface area contributed by atoms with E-state index >= 15 is 0 Å². The highest BCUT2D eigenvalue weighted by atomic mass is 35.5. The number of benzene rings is 1. The second kappa shape index (κ2) is 7.16. The number of ether oxygens (including phenoxy) is 2. The van der Waals surface area contributed by atoms with E-state index in [2.05, 4.69) is 9.97 Å². The topological polar surface area (TPSA) is 85.1 Å². The number of nitrogens with zero attached hydrogens (tertiary/aromatic N) is 3. The number of carbonyl (C=O) groups excluding carboxylic acids is 1. The summed E-state index contributed by atoms with van der Waals surface area (Å²) in [6.45, 7) is 1.91. The Morgan fingerprint density at radius 3 is 2.59 bits per heavy atom. The number of methoxy groups -OCH3 is 1. The Kier molecular flexibility index (Phi) is 5.26. The first-order chi connectivity index (χ1) is 10.6. The molecule has 0 fully saturated rings. The van der Waals surface area contributed by atoms with Crippen LogP contribution in [0.5, 0.6) is 0 Å². The smallest absolute Gasteiger partial charge is 0.330 e. The van der Waals surface area contributed by atoms with Crippen LogP contribution < -0.4 is 0 Å². The van der Waals surface area contributed by atoms with Crippen molar-refractivity contribution in [3.8, 4) is 6.07 Å². The number of hydrogen-bond donors (Lipinski definition) is 0. The van der Waals surface area contributed by atoms with Crippen LogP contribution in [0.4, 0.5) is 0 Å². The molecular weight excluding hydrogens is 306 g/mol. The van der Waals surface area contributed by atoms with Gasteiger partial charge in [0.05, 0.1) is 23.7 Å². The van der Waals surface area contributed by atoms with E-state index in [1.54, 1.807) is 31.2 Å². The molecule has 1 aromatic heterocycles. The van der Waals surface area contributed by atoms with Crippen molar-refractivity contribution in [2.45, 2.75) is 18.9 Å². The van der Waals surface area contributed by atoms with Gasteiger partial charge in [-0.3, -0.25) is 4.79 Å². The predicted molar refractivity (Wildman–Crippen MR) is 80.3 cm³/mol. The monoisotopic (exact) mass is 319 g/mol. The van der Waals surface area contributed by atoms with Gasteiger partial charge in [0.15, 0.2) is 11.1 Å². The van der Waals surface area contributed by atoms with Crippen LogP contribution in [-0.2, 0) is 14.3 Å². The molecule has 2 aromatic rings. The number of para-hydroxylation sites is 2. The van der Waals surface area contributed by atoms with Crippen LogP contribution in [0.3, 0.4) is 0 Å². The fourth-order valence-corrected chi connectivity index (χ4v) is 2.18. The molecule has 1 aromatic carbocycles. The number of hydrogen-bond acceptors (Lipinski definition) is 6. The molecule has 0 saturated carbocycles. The molecule has 0 spiro atoms. The van der Waals surface area contributed by atoms with Gasteiger partial charge in [0.25, 0.3) is 0 Å². The number of rotatable bonds is 5. The van der Waals surface area contributed by atoms with Crippen molar-refractivity contribution >= 4 is 28.6 Å². The summed E-state index contributed by atoms with van der Waals surface area (Å²) in [6, 6.07) is 8.94. The molecule has 0 bridgehead atoms. The van der Waals surface area contributed by atoms with Crippen molar-refractivity contribution in [3.63, 3.8) is 0 Å². The van der Waals surface area contributed by atoms with Gasteiger partial charge in [0.2, 0.25) is 0 Å². The molecule has 114 valence electrons. The van der Waals surface area contributed by atoms with E-state index in [1.165, 1.54) is 7.11 Å². The Morgan fingerprint density at radius 1 is 1.36 bits per heavy atom. The van der Waals surface area contributed by atoms with E-state index in [0.717, 1.165) is 0 Å². The summed E-state index contributed by atoms with van der Waals surface area (Å²) in [6.07, 6.45) is -0.472. The van der Waals surface area contributed by atoms with Crippen LogP contribution in [0, 0.1) is 11.3 Å². The largest absolute Gasteiger partial charge is 0.459 e. The van der Waals surface area contributed by atoms with Crippen LogP contribution in [0.2, 0.25) is 5.15 Å². The van der Waals surface area contributed by atoms with Gasteiger partial charge in [0, 0.05) is 7.11 Å². The molecule has 1 heterocycles. The first-order valence-corrected chi connectivity index (χ1v) is 6.95. The van der Waals surface area contributed by atoms with Crippen LogP contribution in [-0.4, -0.2) is 35.8 Å². The molecule has 0 unspecified atom stereocenters. The molecule has 0 aliphatic rings. The Labute approximate surface area is 132 Å². The third kappa shape index (κ3) is 3.50. The Bertz CT molecular complexity index is 730. The second-order valence-electron chi connectivity index (χ2n) is 4.65. The van der Waals surface area contributed by atoms with Crippen molar-refractivity contribution < 1.29 is 14.3 Å². The van der Waals surface area contributed by atoms with Crippen LogP contribution in [0.15, 0.2) is 24.3 Å². The second-order valence-corrected chi connectivity index (χ2v) is 5.01. The zero-order chi connectivity index (χ0) is 16.1. The molecule has 22 heavy (non-hydrogen) atoms. The zero-order valence-electron chi connectivity index (χ0n) is 12.1. The zero-order valence-corrected chi connectivity index (χ0v) is 12.9. The Balaban J connectivity index is 2.33. The van der Waals surface area contributed by atoms with Crippen molar-refractivity contribution in [3.05, 3.63) is 35.1 Å². The molecule has 7 heteroatoms. The summed E-state index contributed by atoms with van der Waals surface area (Å²) in [4.78, 5) is 20.6. The van der Waals surface area contributed by atoms with Gasteiger partial charge in [-0.1, -0.05) is 23.7 Å². The molecular formula is C15H14ClN3O3. The first-order valence-electron chi connectivity index (χ1n) is 6.58. The van der Waals surface area contributed by atoms with E-state index in [9.17, 15) is 10.1 Å². The fourth-order valence-electron chi connectivity index (χ4n) is 1.94. The van der Waals surface area contributed by atoms with Crippen molar-refractivity contribution in [2.24, 2.45) is 0 Å². The molecule has 0 radical (unpaired) electrons. The van der Waals surface area contributed by atoms with Crippen LogP contribution in [0.1, 0.15) is 18.5 Å². The van der Waals surface area contributed by atoms with Gasteiger partial charge < -0.3 is 9.47 Å². The maximum absolute atomic E-state index is 12.1. The van der Waals surface area contributed by atoms with Crippen LogP contribution in [0.25, 0.3) is 11.0 Å². The molecule has 6 nitrogen and oxygen atoms in total. The van der Waals surface area contributed by atoms with E-state index in [1.807, 2.05) is 6.07 Å². The van der Waals surface area contributed by atoms with Gasteiger partial charge in [-0.15, -0.1) is 0 Å². The normalized spacial score (nSPS) is 13.4. The van der Waals surface area contributed by atoms with Gasteiger partial charge in [0.1, 0.15) is 11.8 Å². The van der Waals surface area contributed by atoms with E-state index in [4.69, 9.17) is 21.1 Å². The van der Waals surface area contributed by atoms with E-state index < -0.39 is 18.0 Å². The third-order valence-corrected chi connectivity index (χ3v) is 3.19. The summed E-state index contributed by atoms with van der Waals surface area (Å²) in [5.41, 5.74) is 1.24. The quantitative estimate of drug-likeness (QED) is 0.787. The lowest BCUT2D eigenvalue weighted by molar-refractivity contribution is -0.150. The molecule has 0 N–H and O–H groups in total. The molecule has 0 aliphatic heterocycles. The van der Waals surface area contributed by atoms with Gasteiger partial charge >= 0.3 is 5.97 Å². The molecule has 0 amide bonds. The van der Waals surface area contributed by atoms with Gasteiger partial charge in [-0.25, -0.2) is 9.97 Å². The summed E-state index contributed by atoms with van der Waals surface area (Å²) in [5, 5.41) is 9.30. The summed E-state index contributed by atoms with van der Waals surface area (Å²) in [5.74, 6) is -1.96. The number of esters is 1. The molecule has 2 rings (SSSR count). The standard InChI is InChI=1S/C15H14ClN3O3/c1-9(8-21-2)22-15(20)10(7-17)13-14(16)19-12-6-4-3-5-11(12)18-13/h3-6,9-10H,8H2,1-2H3/t9-,10+/m1/s1. The maximum Gasteiger partial charge on any atom is 0.330 e. The van der Waals surface area contributed by atoms with Crippen LogP contribution >= 0.6 is 11.6 Å². The highest BCUT2D eigenvalue weighted by Crippen LogP contribution is 2.25. The predicted octanol–water partition coefficient (Wildman–Crippen LogP) is 2.47. The minimum Gasteiger partial charge on any atom is -0.459 e. The maximum atomic E-state index is 12.1. The summed E-state index contributed by atoms with van der Waals surface area (Å²) >= 11 is 6.06. The summed E-state index contributed by atoms with van der Waals surface area (Å²) in [7, 11) is 1.50. The lowest BCUT2D eigenvalue weighted by atomic mass is 10.1.